The average Bonchev–Trinajstić information content (AvgIpc) is 2.70. The largest absolute Gasteiger partial charge is 0.344 e. The van der Waals surface area contributed by atoms with Gasteiger partial charge in [0.15, 0.2) is 5.13 Å². The number of likely N-dealkylation sites (N-methyl/N-ethyl adjacent to an activating group) is 2. The first-order valence-corrected chi connectivity index (χ1v) is 8.71. The van der Waals surface area contributed by atoms with Gasteiger partial charge >= 0.3 is 0 Å². The van der Waals surface area contributed by atoms with E-state index in [1.807, 2.05) is 0 Å². The molecule has 2 N–H and O–H groups in total. The fourth-order valence-corrected chi connectivity index (χ4v) is 4.61. The lowest BCUT2D eigenvalue weighted by Crippen LogP contribution is -2.40. The van der Waals surface area contributed by atoms with Gasteiger partial charge in [-0.25, -0.2) is 4.98 Å². The van der Waals surface area contributed by atoms with E-state index in [1.165, 1.54) is 10.6 Å². The summed E-state index contributed by atoms with van der Waals surface area (Å²) in [5.74, 6) is 0. The summed E-state index contributed by atoms with van der Waals surface area (Å²) < 4.78 is 0. The number of thiazole rings is 1. The van der Waals surface area contributed by atoms with E-state index in [-0.39, 0.29) is 11.5 Å². The Morgan fingerprint density at radius 2 is 2.10 bits per heavy atom. The number of nitrogens with zero attached hydrogens (tertiary/aromatic N) is 3. The molecule has 2 unspecified atom stereocenters. The van der Waals surface area contributed by atoms with Crippen LogP contribution in [0.2, 0.25) is 0 Å². The second kappa shape index (κ2) is 6.23. The first kappa shape index (κ1) is 16.7. The van der Waals surface area contributed by atoms with E-state index in [4.69, 9.17) is 10.7 Å². The Hall–Kier alpha value is -0.650. The van der Waals surface area contributed by atoms with Crippen LogP contribution in [0.1, 0.15) is 50.7 Å². The lowest BCUT2D eigenvalue weighted by Gasteiger charge is -2.32. The molecule has 21 heavy (non-hydrogen) atoms. The molecule has 0 aliphatic heterocycles. The van der Waals surface area contributed by atoms with Crippen molar-refractivity contribution in [3.63, 3.8) is 0 Å². The monoisotopic (exact) mass is 310 g/mol. The Morgan fingerprint density at radius 1 is 1.43 bits per heavy atom. The van der Waals surface area contributed by atoms with Crippen molar-refractivity contribution in [2.75, 3.05) is 32.1 Å². The Kier molecular flexibility index (Phi) is 4.96. The molecular formula is C16H30N4S. The van der Waals surface area contributed by atoms with E-state index >= 15 is 0 Å². The van der Waals surface area contributed by atoms with E-state index in [0.29, 0.717) is 6.04 Å². The molecule has 0 saturated carbocycles. The van der Waals surface area contributed by atoms with E-state index in [9.17, 15) is 0 Å². The van der Waals surface area contributed by atoms with Crippen molar-refractivity contribution in [3.8, 4) is 0 Å². The molecular weight excluding hydrogens is 280 g/mol. The predicted octanol–water partition coefficient (Wildman–Crippen LogP) is 2.89. The van der Waals surface area contributed by atoms with Crippen LogP contribution in [0, 0.1) is 5.41 Å². The minimum absolute atomic E-state index is 0.151. The summed E-state index contributed by atoms with van der Waals surface area (Å²) in [4.78, 5) is 10.9. The molecule has 0 fully saturated rings. The fraction of sp³-hybridized carbons (Fsp3) is 0.812. The fourth-order valence-electron chi connectivity index (χ4n) is 3.37. The highest BCUT2D eigenvalue weighted by Crippen LogP contribution is 2.43. The van der Waals surface area contributed by atoms with Gasteiger partial charge in [0, 0.05) is 30.1 Å². The summed E-state index contributed by atoms with van der Waals surface area (Å²) in [6.45, 7) is 11.1. The third-order valence-corrected chi connectivity index (χ3v) is 5.49. The summed E-state index contributed by atoms with van der Waals surface area (Å²) in [7, 11) is 4.24. The van der Waals surface area contributed by atoms with Crippen LogP contribution in [-0.4, -0.2) is 43.1 Å². The maximum absolute atomic E-state index is 6.38. The zero-order valence-electron chi connectivity index (χ0n) is 14.3. The molecule has 1 aliphatic rings. The lowest BCUT2D eigenvalue weighted by molar-refractivity contribution is 0.282. The number of fused-ring (bicyclic) bond motifs is 1. The van der Waals surface area contributed by atoms with E-state index < -0.39 is 0 Å². The van der Waals surface area contributed by atoms with Gasteiger partial charge in [0.2, 0.25) is 0 Å². The number of rotatable bonds is 5. The van der Waals surface area contributed by atoms with E-state index in [0.717, 1.165) is 31.1 Å². The van der Waals surface area contributed by atoms with Gasteiger partial charge in [0.25, 0.3) is 0 Å². The Labute approximate surface area is 133 Å². The van der Waals surface area contributed by atoms with Crippen LogP contribution in [-0.2, 0) is 6.42 Å². The summed E-state index contributed by atoms with van der Waals surface area (Å²) in [5, 5.41) is 1.14. The van der Waals surface area contributed by atoms with Crippen LogP contribution in [0.25, 0.3) is 0 Å². The minimum atomic E-state index is 0.151. The maximum Gasteiger partial charge on any atom is 0.186 e. The zero-order valence-corrected chi connectivity index (χ0v) is 15.1. The quantitative estimate of drug-likeness (QED) is 0.908. The van der Waals surface area contributed by atoms with Gasteiger partial charge in [0.05, 0.1) is 5.69 Å². The molecule has 4 nitrogen and oxygen atoms in total. The van der Waals surface area contributed by atoms with Gasteiger partial charge in [-0.15, -0.1) is 0 Å². The molecule has 1 aliphatic carbocycles. The highest BCUT2D eigenvalue weighted by Gasteiger charge is 2.34. The van der Waals surface area contributed by atoms with Crippen LogP contribution in [0.5, 0.6) is 0 Å². The molecule has 0 saturated heterocycles. The van der Waals surface area contributed by atoms with Gasteiger partial charge in [-0.1, -0.05) is 25.2 Å². The molecule has 5 heteroatoms. The van der Waals surface area contributed by atoms with Gasteiger partial charge in [-0.3, -0.25) is 0 Å². The predicted molar refractivity (Wildman–Crippen MR) is 92.2 cm³/mol. The molecule has 1 heterocycles. The van der Waals surface area contributed by atoms with Crippen molar-refractivity contribution in [1.29, 1.82) is 0 Å². The lowest BCUT2D eigenvalue weighted by atomic mass is 9.77. The Morgan fingerprint density at radius 3 is 2.67 bits per heavy atom. The van der Waals surface area contributed by atoms with Crippen molar-refractivity contribution in [3.05, 3.63) is 10.6 Å². The van der Waals surface area contributed by atoms with Crippen LogP contribution >= 0.6 is 11.3 Å². The molecule has 0 aromatic carbocycles. The molecule has 1 aromatic rings. The van der Waals surface area contributed by atoms with Gasteiger partial charge in [-0.05, 0) is 46.2 Å². The Balaban J connectivity index is 2.25. The average molecular weight is 311 g/mol. The second-order valence-electron chi connectivity index (χ2n) is 7.36. The summed E-state index contributed by atoms with van der Waals surface area (Å²) >= 11 is 1.80. The van der Waals surface area contributed by atoms with Gasteiger partial charge in [0.1, 0.15) is 0 Å². The molecule has 120 valence electrons. The molecule has 1 aromatic heterocycles. The highest BCUT2D eigenvalue weighted by atomic mass is 32.1. The summed E-state index contributed by atoms with van der Waals surface area (Å²) in [5.41, 5.74) is 7.88. The van der Waals surface area contributed by atoms with Crippen LogP contribution in [0.3, 0.4) is 0 Å². The Bertz CT molecular complexity index is 481. The van der Waals surface area contributed by atoms with Crippen molar-refractivity contribution in [1.82, 2.24) is 9.88 Å². The number of aromatic nitrogens is 1. The van der Waals surface area contributed by atoms with Crippen LogP contribution in [0.4, 0.5) is 5.13 Å². The SMILES string of the molecule is CCN(c1nc2c(s1)C(N)CC(C)(C)C2)C(C)CN(C)C. The van der Waals surface area contributed by atoms with Crippen LogP contribution < -0.4 is 10.6 Å². The van der Waals surface area contributed by atoms with Crippen LogP contribution in [0.15, 0.2) is 0 Å². The van der Waals surface area contributed by atoms with Crippen molar-refractivity contribution < 1.29 is 0 Å². The number of hydrogen-bond donors (Lipinski definition) is 1. The van der Waals surface area contributed by atoms with E-state index in [1.54, 1.807) is 11.3 Å². The summed E-state index contributed by atoms with van der Waals surface area (Å²) in [6, 6.07) is 0.611. The first-order chi connectivity index (χ1) is 9.73. The third kappa shape index (κ3) is 3.76. The number of hydrogen-bond acceptors (Lipinski definition) is 5. The molecule has 0 radical (unpaired) electrons. The minimum Gasteiger partial charge on any atom is -0.344 e. The normalized spacial score (nSPS) is 22.2. The first-order valence-electron chi connectivity index (χ1n) is 7.90. The molecule has 0 bridgehead atoms. The van der Waals surface area contributed by atoms with Crippen molar-refractivity contribution in [2.24, 2.45) is 11.1 Å². The van der Waals surface area contributed by atoms with Crippen molar-refractivity contribution in [2.45, 2.75) is 52.6 Å². The maximum atomic E-state index is 6.38. The molecule has 0 spiro atoms. The second-order valence-corrected chi connectivity index (χ2v) is 8.37. The van der Waals surface area contributed by atoms with E-state index in [2.05, 4.69) is 51.6 Å². The smallest absolute Gasteiger partial charge is 0.186 e. The molecule has 2 rings (SSSR count). The number of anilines is 1. The molecule has 0 amide bonds. The third-order valence-electron chi connectivity index (χ3n) is 4.22. The zero-order chi connectivity index (χ0) is 15.8. The standard InChI is InChI=1S/C16H30N4S/c1-7-20(11(2)10-19(5)6)15-18-13-9-16(3,4)8-12(17)14(13)21-15/h11-12H,7-10,17H2,1-6H3. The topological polar surface area (TPSA) is 45.4 Å². The van der Waals surface area contributed by atoms with Gasteiger partial charge in [-0.2, -0.15) is 0 Å². The molecule has 2 atom stereocenters. The summed E-state index contributed by atoms with van der Waals surface area (Å²) in [6.07, 6.45) is 2.10. The number of nitrogens with two attached hydrogens (primary N) is 1. The van der Waals surface area contributed by atoms with Crippen molar-refractivity contribution >= 4 is 16.5 Å². The highest BCUT2D eigenvalue weighted by molar-refractivity contribution is 7.15. The van der Waals surface area contributed by atoms with Gasteiger partial charge < -0.3 is 15.5 Å².